The van der Waals surface area contributed by atoms with Crippen molar-refractivity contribution < 1.29 is 14.3 Å². The van der Waals surface area contributed by atoms with Crippen molar-refractivity contribution in [3.8, 4) is 0 Å². The first kappa shape index (κ1) is 11.9. The van der Waals surface area contributed by atoms with E-state index < -0.39 is 5.91 Å². The molecular weight excluding hydrogens is 269 g/mol. The molecule has 6 nitrogen and oxygen atoms in total. The maximum absolute atomic E-state index is 11.7. The Hall–Kier alpha value is -1.53. The van der Waals surface area contributed by atoms with Crippen molar-refractivity contribution in [2.24, 2.45) is 0 Å². The average molecular weight is 276 g/mol. The minimum absolute atomic E-state index is 0.0484. The molecule has 1 aliphatic rings. The van der Waals surface area contributed by atoms with Crippen LogP contribution in [0.1, 0.15) is 0 Å². The maximum Gasteiger partial charge on any atom is 0.294 e. The fourth-order valence-corrected chi connectivity index (χ4v) is 1.52. The Bertz CT molecular complexity index is 458. The minimum Gasteiger partial charge on any atom is -0.494 e. The second kappa shape index (κ2) is 5.20. The number of halogens is 2. The Morgan fingerprint density at radius 3 is 2.59 bits per heavy atom. The lowest BCUT2D eigenvalue weighted by Crippen LogP contribution is -2.21. The van der Waals surface area contributed by atoms with Crippen LogP contribution in [0.3, 0.4) is 0 Å². The highest BCUT2D eigenvalue weighted by atomic mass is 35.5. The summed E-state index contributed by atoms with van der Waals surface area (Å²) < 4.78 is 10.0. The van der Waals surface area contributed by atoms with E-state index in [0.29, 0.717) is 13.2 Å². The quantitative estimate of drug-likeness (QED) is 0.831. The number of hydrogen-bond donors (Lipinski definition) is 1. The number of amides is 1. The molecule has 0 atom stereocenters. The van der Waals surface area contributed by atoms with Crippen LogP contribution in [-0.2, 0) is 14.3 Å². The van der Waals surface area contributed by atoms with E-state index in [0.717, 1.165) is 0 Å². The molecule has 0 saturated heterocycles. The molecule has 0 fully saturated rings. The summed E-state index contributed by atoms with van der Waals surface area (Å²) in [4.78, 5) is 19.1. The Morgan fingerprint density at radius 1 is 1.29 bits per heavy atom. The summed E-state index contributed by atoms with van der Waals surface area (Å²) in [6.07, 6.45) is 2.42. The predicted molar refractivity (Wildman–Crippen MR) is 60.7 cm³/mol. The van der Waals surface area contributed by atoms with Crippen LogP contribution in [0.15, 0.2) is 18.3 Å². The number of hydrogen-bond acceptors (Lipinski definition) is 5. The van der Waals surface area contributed by atoms with Gasteiger partial charge in [-0.1, -0.05) is 23.2 Å². The SMILES string of the molecule is O=C(Nc1c(Cl)ncnc1Cl)C1=COCCO1. The number of carbonyl (C=O) groups is 1. The van der Waals surface area contributed by atoms with Gasteiger partial charge < -0.3 is 14.8 Å². The summed E-state index contributed by atoms with van der Waals surface area (Å²) in [5.74, 6) is -0.476. The van der Waals surface area contributed by atoms with Crippen LogP contribution in [0.2, 0.25) is 10.3 Å². The fraction of sp³-hybridized carbons (Fsp3) is 0.222. The molecule has 0 spiro atoms. The van der Waals surface area contributed by atoms with Crippen molar-refractivity contribution in [1.29, 1.82) is 0 Å². The van der Waals surface area contributed by atoms with Crippen LogP contribution in [0.5, 0.6) is 0 Å². The third-order valence-corrected chi connectivity index (χ3v) is 2.44. The Labute approximate surface area is 107 Å². The second-order valence-corrected chi connectivity index (χ2v) is 3.70. The van der Waals surface area contributed by atoms with Gasteiger partial charge in [0, 0.05) is 0 Å². The zero-order valence-corrected chi connectivity index (χ0v) is 9.96. The highest BCUT2D eigenvalue weighted by molar-refractivity contribution is 6.38. The van der Waals surface area contributed by atoms with E-state index >= 15 is 0 Å². The van der Waals surface area contributed by atoms with E-state index in [2.05, 4.69) is 15.3 Å². The molecular formula is C9H7Cl2N3O3. The maximum atomic E-state index is 11.7. The zero-order chi connectivity index (χ0) is 12.3. The third kappa shape index (κ3) is 2.78. The first-order valence-corrected chi connectivity index (χ1v) is 5.36. The minimum atomic E-state index is -0.525. The van der Waals surface area contributed by atoms with Crippen LogP contribution in [0.4, 0.5) is 5.69 Å². The largest absolute Gasteiger partial charge is 0.494 e. The van der Waals surface area contributed by atoms with Crippen LogP contribution in [0, 0.1) is 0 Å². The van der Waals surface area contributed by atoms with Gasteiger partial charge in [-0.25, -0.2) is 9.97 Å². The summed E-state index contributed by atoms with van der Waals surface area (Å²) >= 11 is 11.5. The van der Waals surface area contributed by atoms with E-state index in [9.17, 15) is 4.79 Å². The van der Waals surface area contributed by atoms with Crippen molar-refractivity contribution in [2.75, 3.05) is 18.5 Å². The molecule has 0 bridgehead atoms. The first-order chi connectivity index (χ1) is 8.18. The molecule has 1 aromatic rings. The van der Waals surface area contributed by atoms with Gasteiger partial charge in [0.25, 0.3) is 5.91 Å². The normalized spacial score (nSPS) is 14.4. The summed E-state index contributed by atoms with van der Waals surface area (Å²) in [7, 11) is 0. The molecule has 1 amide bonds. The number of aromatic nitrogens is 2. The number of nitrogens with zero attached hydrogens (tertiary/aromatic N) is 2. The molecule has 1 N–H and O–H groups in total. The number of carbonyl (C=O) groups excluding carboxylic acids is 1. The molecule has 2 heterocycles. The van der Waals surface area contributed by atoms with E-state index in [1.54, 1.807) is 0 Å². The summed E-state index contributed by atoms with van der Waals surface area (Å²) in [5.41, 5.74) is 0.135. The lowest BCUT2D eigenvalue weighted by Gasteiger charge is -2.15. The van der Waals surface area contributed by atoms with Crippen LogP contribution in [-0.4, -0.2) is 29.1 Å². The average Bonchev–Trinajstić information content (AvgIpc) is 2.35. The van der Waals surface area contributed by atoms with Gasteiger partial charge in [-0.3, -0.25) is 4.79 Å². The van der Waals surface area contributed by atoms with Gasteiger partial charge in [-0.15, -0.1) is 0 Å². The molecule has 0 aromatic carbocycles. The lowest BCUT2D eigenvalue weighted by molar-refractivity contribution is -0.117. The van der Waals surface area contributed by atoms with Gasteiger partial charge in [-0.05, 0) is 0 Å². The molecule has 17 heavy (non-hydrogen) atoms. The Kier molecular flexibility index (Phi) is 3.65. The van der Waals surface area contributed by atoms with Crippen LogP contribution in [0.25, 0.3) is 0 Å². The van der Waals surface area contributed by atoms with E-state index in [4.69, 9.17) is 32.7 Å². The van der Waals surface area contributed by atoms with E-state index in [1.807, 2.05) is 0 Å². The Balaban J connectivity index is 2.15. The van der Waals surface area contributed by atoms with Crippen molar-refractivity contribution in [3.05, 3.63) is 28.7 Å². The topological polar surface area (TPSA) is 73.3 Å². The molecule has 0 radical (unpaired) electrons. The van der Waals surface area contributed by atoms with Gasteiger partial charge in [0.15, 0.2) is 10.3 Å². The van der Waals surface area contributed by atoms with Gasteiger partial charge in [0.1, 0.15) is 31.5 Å². The van der Waals surface area contributed by atoms with Crippen molar-refractivity contribution in [2.45, 2.75) is 0 Å². The monoisotopic (exact) mass is 275 g/mol. The fourth-order valence-electron chi connectivity index (χ4n) is 1.11. The summed E-state index contributed by atoms with van der Waals surface area (Å²) in [5, 5.41) is 2.55. The smallest absolute Gasteiger partial charge is 0.294 e. The van der Waals surface area contributed by atoms with Gasteiger partial charge in [0.2, 0.25) is 5.76 Å². The van der Waals surface area contributed by atoms with E-state index in [1.165, 1.54) is 12.6 Å². The van der Waals surface area contributed by atoms with Gasteiger partial charge >= 0.3 is 0 Å². The first-order valence-electron chi connectivity index (χ1n) is 4.60. The molecule has 2 rings (SSSR count). The molecule has 0 saturated carbocycles. The third-order valence-electron chi connectivity index (χ3n) is 1.87. The van der Waals surface area contributed by atoms with Crippen molar-refractivity contribution in [1.82, 2.24) is 9.97 Å². The molecule has 90 valence electrons. The standard InChI is InChI=1S/C9H7Cl2N3O3/c10-7-6(8(11)13-4-12-7)14-9(15)5-3-16-1-2-17-5/h3-4H,1-2H2,(H,14,15). The predicted octanol–water partition coefficient (Wildman–Crippen LogP) is 1.61. The highest BCUT2D eigenvalue weighted by Crippen LogP contribution is 2.26. The van der Waals surface area contributed by atoms with Crippen LogP contribution < -0.4 is 5.32 Å². The van der Waals surface area contributed by atoms with Crippen molar-refractivity contribution >= 4 is 34.8 Å². The number of nitrogens with one attached hydrogen (secondary N) is 1. The Morgan fingerprint density at radius 2 is 2.00 bits per heavy atom. The number of ether oxygens (including phenoxy) is 2. The second-order valence-electron chi connectivity index (χ2n) is 2.99. The van der Waals surface area contributed by atoms with E-state index in [-0.39, 0.29) is 21.8 Å². The lowest BCUT2D eigenvalue weighted by atomic mass is 10.4. The number of rotatable bonds is 2. The summed E-state index contributed by atoms with van der Waals surface area (Å²) in [6, 6.07) is 0. The zero-order valence-electron chi connectivity index (χ0n) is 8.44. The molecule has 8 heteroatoms. The summed E-state index contributed by atoms with van der Waals surface area (Å²) in [6.45, 7) is 0.721. The number of anilines is 1. The van der Waals surface area contributed by atoms with Crippen molar-refractivity contribution in [3.63, 3.8) is 0 Å². The highest BCUT2D eigenvalue weighted by Gasteiger charge is 2.18. The van der Waals surface area contributed by atoms with Gasteiger partial charge in [-0.2, -0.15) is 0 Å². The van der Waals surface area contributed by atoms with Crippen LogP contribution >= 0.6 is 23.2 Å². The molecule has 0 aliphatic carbocycles. The molecule has 1 aromatic heterocycles. The molecule has 0 unspecified atom stereocenters. The van der Waals surface area contributed by atoms with Gasteiger partial charge in [0.05, 0.1) is 0 Å². The molecule has 1 aliphatic heterocycles.